The van der Waals surface area contributed by atoms with E-state index >= 15 is 0 Å². The van der Waals surface area contributed by atoms with Gasteiger partial charge in [0, 0.05) is 22.4 Å². The molecule has 1 heterocycles. The van der Waals surface area contributed by atoms with Gasteiger partial charge in [-0.15, -0.1) is 11.3 Å². The molecule has 0 saturated heterocycles. The summed E-state index contributed by atoms with van der Waals surface area (Å²) in [5.74, 6) is -0.172. The molecule has 0 radical (unpaired) electrons. The van der Waals surface area contributed by atoms with E-state index in [2.05, 4.69) is 4.99 Å². The highest BCUT2D eigenvalue weighted by molar-refractivity contribution is 7.23. The second-order valence-electron chi connectivity index (χ2n) is 7.66. The molecule has 3 aromatic carbocycles. The molecular weight excluding hydrogens is 514 g/mol. The minimum atomic E-state index is -0.754. The number of fused-ring (bicyclic) bond motifs is 1. The number of non-ortho nitro benzene ring substituents is 1. The molecule has 0 amide bonds. The van der Waals surface area contributed by atoms with Crippen LogP contribution in [0.1, 0.15) is 29.8 Å². The first-order valence-electron chi connectivity index (χ1n) is 11.4. The van der Waals surface area contributed by atoms with Crippen molar-refractivity contribution in [3.63, 3.8) is 0 Å². The Bertz CT molecular complexity index is 1560. The summed E-state index contributed by atoms with van der Waals surface area (Å²) >= 11 is 1.36. The summed E-state index contributed by atoms with van der Waals surface area (Å²) in [4.78, 5) is 38.2. The van der Waals surface area contributed by atoms with Gasteiger partial charge >= 0.3 is 11.7 Å². The van der Waals surface area contributed by atoms with Gasteiger partial charge in [-0.3, -0.25) is 20.2 Å². The Morgan fingerprint density at radius 1 is 0.947 bits per heavy atom. The van der Waals surface area contributed by atoms with E-state index in [0.717, 1.165) is 22.2 Å². The molecule has 0 unspecified atom stereocenters. The third kappa shape index (κ3) is 5.60. The molecule has 11 nitrogen and oxygen atoms in total. The Morgan fingerprint density at radius 2 is 1.71 bits per heavy atom. The number of benzene rings is 3. The number of ether oxygens (including phenoxy) is 3. The van der Waals surface area contributed by atoms with E-state index in [-0.39, 0.29) is 30.5 Å². The molecule has 0 bridgehead atoms. The van der Waals surface area contributed by atoms with Gasteiger partial charge in [-0.2, -0.15) is 0 Å². The number of rotatable bonds is 10. The normalized spacial score (nSPS) is 11.0. The fourth-order valence-corrected chi connectivity index (χ4v) is 4.62. The molecule has 4 rings (SSSR count). The van der Waals surface area contributed by atoms with Gasteiger partial charge in [0.15, 0.2) is 11.5 Å². The van der Waals surface area contributed by atoms with Crippen LogP contribution in [-0.4, -0.2) is 35.2 Å². The molecule has 0 aliphatic rings. The Labute approximate surface area is 220 Å². The van der Waals surface area contributed by atoms with Crippen LogP contribution in [0.25, 0.3) is 10.1 Å². The maximum Gasteiger partial charge on any atom is 0.341 e. The fourth-order valence-electron chi connectivity index (χ4n) is 3.58. The lowest BCUT2D eigenvalue weighted by molar-refractivity contribution is -0.394. The van der Waals surface area contributed by atoms with Crippen molar-refractivity contribution in [1.82, 2.24) is 0 Å². The van der Waals surface area contributed by atoms with Gasteiger partial charge in [0.2, 0.25) is 5.75 Å². The molecule has 1 aromatic heterocycles. The van der Waals surface area contributed by atoms with E-state index in [9.17, 15) is 25.0 Å². The van der Waals surface area contributed by atoms with Gasteiger partial charge in [-0.1, -0.05) is 18.2 Å². The zero-order chi connectivity index (χ0) is 27.2. The van der Waals surface area contributed by atoms with E-state index in [1.54, 1.807) is 38.3 Å². The average molecular weight is 536 g/mol. The number of aliphatic imine (C=N–C) groups is 1. The second-order valence-corrected chi connectivity index (χ2v) is 8.70. The Hall–Kier alpha value is -4.84. The molecule has 0 aliphatic carbocycles. The van der Waals surface area contributed by atoms with Crippen molar-refractivity contribution >= 4 is 50.0 Å². The van der Waals surface area contributed by atoms with Crippen LogP contribution in [0.15, 0.2) is 65.7 Å². The Balaban J connectivity index is 1.68. The first kappa shape index (κ1) is 26.2. The van der Waals surface area contributed by atoms with E-state index in [0.29, 0.717) is 16.1 Å². The lowest BCUT2D eigenvalue weighted by Gasteiger charge is -2.12. The first-order valence-corrected chi connectivity index (χ1v) is 12.2. The van der Waals surface area contributed by atoms with Crippen LogP contribution < -0.4 is 9.47 Å². The summed E-state index contributed by atoms with van der Waals surface area (Å²) in [6.07, 6.45) is 1.56. The summed E-state index contributed by atoms with van der Waals surface area (Å²) < 4.78 is 17.5. The highest BCUT2D eigenvalue weighted by Gasteiger charge is 2.23. The molecule has 0 fully saturated rings. The lowest BCUT2D eigenvalue weighted by atomic mass is 10.1. The monoisotopic (exact) mass is 535 g/mol. The predicted octanol–water partition coefficient (Wildman–Crippen LogP) is 6.84. The maximum atomic E-state index is 12.6. The lowest BCUT2D eigenvalue weighted by Crippen LogP contribution is -2.03. The molecule has 12 heteroatoms. The number of nitrogens with zero attached hydrogens (tertiary/aromatic N) is 3. The van der Waals surface area contributed by atoms with Crippen molar-refractivity contribution in [3.05, 3.63) is 92.0 Å². The fraction of sp³-hybridized carbons (Fsp3) is 0.154. The summed E-state index contributed by atoms with van der Waals surface area (Å²) in [7, 11) is 0. The standard InChI is InChI=1S/C26H21N3O8S/c1-3-35-22-13-16(9-11-21(22)37-20-12-10-17(28(31)32)14-19(20)29(33)34)15-27-25-24(26(30)36-4-2)18-7-5-6-8-23(18)38-25/h5-15H,3-4H2,1-2H3. The number of nitro groups is 2. The Kier molecular flexibility index (Phi) is 7.92. The van der Waals surface area contributed by atoms with Gasteiger partial charge in [0.1, 0.15) is 10.6 Å². The van der Waals surface area contributed by atoms with E-state index in [1.165, 1.54) is 17.4 Å². The molecule has 0 saturated carbocycles. The minimum Gasteiger partial charge on any atom is -0.490 e. The zero-order valence-corrected chi connectivity index (χ0v) is 21.1. The van der Waals surface area contributed by atoms with Crippen molar-refractivity contribution in [2.45, 2.75) is 13.8 Å². The topological polar surface area (TPSA) is 143 Å². The number of carbonyl (C=O) groups is 1. The van der Waals surface area contributed by atoms with Gasteiger partial charge < -0.3 is 14.2 Å². The summed E-state index contributed by atoms with van der Waals surface area (Å²) in [6, 6.07) is 15.4. The maximum absolute atomic E-state index is 12.6. The molecular formula is C26H21N3O8S. The molecule has 0 N–H and O–H groups in total. The van der Waals surface area contributed by atoms with Crippen molar-refractivity contribution < 1.29 is 28.9 Å². The number of hydrogen-bond donors (Lipinski definition) is 0. The van der Waals surface area contributed by atoms with Crippen LogP contribution in [0.3, 0.4) is 0 Å². The highest BCUT2D eigenvalue weighted by Crippen LogP contribution is 2.40. The van der Waals surface area contributed by atoms with Gasteiger partial charge in [-0.05, 0) is 49.7 Å². The quantitative estimate of drug-likeness (QED) is 0.0929. The van der Waals surface area contributed by atoms with Gasteiger partial charge in [-0.25, -0.2) is 9.79 Å². The van der Waals surface area contributed by atoms with E-state index < -0.39 is 27.2 Å². The number of thiophene rings is 1. The third-order valence-corrected chi connectivity index (χ3v) is 6.30. The summed E-state index contributed by atoms with van der Waals surface area (Å²) in [5, 5.41) is 23.7. The smallest absolute Gasteiger partial charge is 0.341 e. The van der Waals surface area contributed by atoms with Crippen LogP contribution in [0.5, 0.6) is 17.2 Å². The molecule has 0 aliphatic heterocycles. The summed E-state index contributed by atoms with van der Waals surface area (Å²) in [5.41, 5.74) is 0.0260. The largest absolute Gasteiger partial charge is 0.490 e. The molecule has 194 valence electrons. The van der Waals surface area contributed by atoms with Crippen molar-refractivity contribution in [3.8, 4) is 17.2 Å². The zero-order valence-electron chi connectivity index (χ0n) is 20.3. The molecule has 38 heavy (non-hydrogen) atoms. The predicted molar refractivity (Wildman–Crippen MR) is 142 cm³/mol. The minimum absolute atomic E-state index is 0.174. The van der Waals surface area contributed by atoms with Crippen molar-refractivity contribution in [2.24, 2.45) is 4.99 Å². The molecule has 0 spiro atoms. The van der Waals surface area contributed by atoms with Crippen LogP contribution in [0, 0.1) is 20.2 Å². The van der Waals surface area contributed by atoms with E-state index in [4.69, 9.17) is 14.2 Å². The summed E-state index contributed by atoms with van der Waals surface area (Å²) in [6.45, 7) is 4.02. The first-order chi connectivity index (χ1) is 18.3. The number of carbonyl (C=O) groups excluding carboxylic acids is 1. The number of nitro benzene ring substituents is 2. The van der Waals surface area contributed by atoms with Crippen LogP contribution in [-0.2, 0) is 4.74 Å². The SMILES string of the molecule is CCOC(=O)c1c(N=Cc2ccc(Oc3ccc([N+](=O)[O-])cc3[N+](=O)[O-])c(OCC)c2)sc2ccccc12. The van der Waals surface area contributed by atoms with Gasteiger partial charge in [0.05, 0.1) is 29.1 Å². The highest BCUT2D eigenvalue weighted by atomic mass is 32.1. The number of hydrogen-bond acceptors (Lipinski definition) is 10. The molecule has 4 aromatic rings. The van der Waals surface area contributed by atoms with E-state index in [1.807, 2.05) is 24.3 Å². The Morgan fingerprint density at radius 3 is 2.42 bits per heavy atom. The van der Waals surface area contributed by atoms with Gasteiger partial charge in [0.25, 0.3) is 5.69 Å². The number of esters is 1. The average Bonchev–Trinajstić information content (AvgIpc) is 3.27. The van der Waals surface area contributed by atoms with Crippen molar-refractivity contribution in [2.75, 3.05) is 13.2 Å². The van der Waals surface area contributed by atoms with Crippen LogP contribution in [0.4, 0.5) is 16.4 Å². The van der Waals surface area contributed by atoms with Crippen molar-refractivity contribution in [1.29, 1.82) is 0 Å². The third-order valence-electron chi connectivity index (χ3n) is 5.22. The van der Waals surface area contributed by atoms with Crippen LogP contribution in [0.2, 0.25) is 0 Å². The van der Waals surface area contributed by atoms with Crippen LogP contribution >= 0.6 is 11.3 Å². The molecule has 0 atom stereocenters. The second kappa shape index (κ2) is 11.5.